The second-order valence-corrected chi connectivity index (χ2v) is 7.48. The van der Waals surface area contributed by atoms with Crippen molar-refractivity contribution in [1.82, 2.24) is 14.5 Å². The van der Waals surface area contributed by atoms with Crippen molar-refractivity contribution in [3.05, 3.63) is 24.0 Å². The Labute approximate surface area is 167 Å². The van der Waals surface area contributed by atoms with Crippen molar-refractivity contribution in [2.45, 2.75) is 59.9 Å². The number of methoxy groups -OCH3 is 1. The first-order valence-corrected chi connectivity index (χ1v) is 10.3. The van der Waals surface area contributed by atoms with Crippen molar-refractivity contribution in [2.75, 3.05) is 20.2 Å². The summed E-state index contributed by atoms with van der Waals surface area (Å²) in [6.07, 6.45) is 4.04. The van der Waals surface area contributed by atoms with E-state index < -0.39 is 0 Å². The Morgan fingerprint density at radius 3 is 2.32 bits per heavy atom. The van der Waals surface area contributed by atoms with Crippen LogP contribution in [-0.4, -0.2) is 46.3 Å². The first-order valence-electron chi connectivity index (χ1n) is 10.3. The molecule has 0 spiro atoms. The van der Waals surface area contributed by atoms with Gasteiger partial charge in [-0.15, -0.1) is 0 Å². The largest absolute Gasteiger partial charge is 0.497 e. The molecule has 2 aromatic rings. The van der Waals surface area contributed by atoms with Crippen molar-refractivity contribution in [3.63, 3.8) is 0 Å². The van der Waals surface area contributed by atoms with Crippen LogP contribution in [0.25, 0.3) is 11.0 Å². The average molecular weight is 388 g/mol. The first-order chi connectivity index (χ1) is 13.4. The monoisotopic (exact) mass is 387 g/mol. The number of amides is 1. The van der Waals surface area contributed by atoms with Crippen LogP contribution >= 0.6 is 0 Å². The van der Waals surface area contributed by atoms with Crippen LogP contribution in [0.2, 0.25) is 0 Å². The Morgan fingerprint density at radius 2 is 1.79 bits per heavy atom. The fraction of sp³-hybridized carbons (Fsp3) is 0.591. The van der Waals surface area contributed by atoms with Gasteiger partial charge < -0.3 is 14.2 Å². The predicted octanol–water partition coefficient (Wildman–Crippen LogP) is 4.31. The maximum absolute atomic E-state index is 13.1. The van der Waals surface area contributed by atoms with E-state index >= 15 is 0 Å². The Bertz CT molecular complexity index is 803. The van der Waals surface area contributed by atoms with Crippen LogP contribution in [0.5, 0.6) is 5.75 Å². The normalized spacial score (nSPS) is 11.2. The van der Waals surface area contributed by atoms with Gasteiger partial charge in [-0.25, -0.2) is 4.98 Å². The minimum Gasteiger partial charge on any atom is -0.497 e. The predicted molar refractivity (Wildman–Crippen MR) is 112 cm³/mol. The lowest BCUT2D eigenvalue weighted by atomic mass is 10.1. The van der Waals surface area contributed by atoms with Crippen LogP contribution in [-0.2, 0) is 11.3 Å². The van der Waals surface area contributed by atoms with Gasteiger partial charge in [-0.2, -0.15) is 0 Å². The van der Waals surface area contributed by atoms with Gasteiger partial charge in [0.2, 0.25) is 11.7 Å². The molecule has 0 saturated carbocycles. The van der Waals surface area contributed by atoms with E-state index in [0.717, 1.165) is 44.3 Å². The van der Waals surface area contributed by atoms with Gasteiger partial charge in [0.1, 0.15) is 12.3 Å². The molecular weight excluding hydrogens is 354 g/mol. The van der Waals surface area contributed by atoms with Gasteiger partial charge in [0, 0.05) is 25.1 Å². The summed E-state index contributed by atoms with van der Waals surface area (Å²) in [6.45, 7) is 9.56. The number of ketones is 1. The molecular formula is C22H33N3O3. The molecule has 6 nitrogen and oxygen atoms in total. The number of hydrogen-bond donors (Lipinski definition) is 0. The quantitative estimate of drug-likeness (QED) is 0.539. The molecule has 0 radical (unpaired) electrons. The number of fused-ring (bicyclic) bond motifs is 1. The lowest BCUT2D eigenvalue weighted by Gasteiger charge is -2.23. The maximum Gasteiger partial charge on any atom is 0.242 e. The second-order valence-electron chi connectivity index (χ2n) is 7.48. The molecule has 0 fully saturated rings. The van der Waals surface area contributed by atoms with Gasteiger partial charge in [0.25, 0.3) is 0 Å². The fourth-order valence-electron chi connectivity index (χ4n) is 3.13. The zero-order valence-corrected chi connectivity index (χ0v) is 17.8. The molecule has 0 bridgehead atoms. The summed E-state index contributed by atoms with van der Waals surface area (Å²) in [5.74, 6) is 0.804. The van der Waals surface area contributed by atoms with Crippen molar-refractivity contribution in [2.24, 2.45) is 5.92 Å². The fourth-order valence-corrected chi connectivity index (χ4v) is 3.13. The van der Waals surface area contributed by atoms with E-state index in [1.165, 1.54) is 0 Å². The number of nitrogens with zero attached hydrogens (tertiary/aromatic N) is 3. The molecule has 28 heavy (non-hydrogen) atoms. The number of imidazole rings is 1. The Morgan fingerprint density at radius 1 is 1.14 bits per heavy atom. The Kier molecular flexibility index (Phi) is 8.03. The number of Topliss-reactive ketones (excluding diaryl/α,β-unsaturated/α-hetero) is 1. The minimum atomic E-state index is -0.191. The summed E-state index contributed by atoms with van der Waals surface area (Å²) >= 11 is 0. The SMILES string of the molecule is CCCCN(CCCC)C(=O)Cn1c(C(=O)C(C)C)nc2ccc(OC)cc21. The topological polar surface area (TPSA) is 64.4 Å². The maximum atomic E-state index is 13.1. The van der Waals surface area contributed by atoms with Crippen LogP contribution in [0.3, 0.4) is 0 Å². The molecule has 0 aliphatic heterocycles. The molecule has 1 aromatic carbocycles. The van der Waals surface area contributed by atoms with Crippen LogP contribution in [0, 0.1) is 5.92 Å². The summed E-state index contributed by atoms with van der Waals surface area (Å²) in [5, 5.41) is 0. The minimum absolute atomic E-state index is 0.0295. The molecule has 6 heteroatoms. The summed E-state index contributed by atoms with van der Waals surface area (Å²) in [5.41, 5.74) is 1.45. The van der Waals surface area contributed by atoms with Gasteiger partial charge in [-0.3, -0.25) is 9.59 Å². The van der Waals surface area contributed by atoms with Gasteiger partial charge in [-0.1, -0.05) is 40.5 Å². The first kappa shape index (κ1) is 21.9. The highest BCUT2D eigenvalue weighted by molar-refractivity contribution is 5.98. The number of ether oxygens (including phenoxy) is 1. The number of unbranched alkanes of at least 4 members (excludes halogenated alkanes) is 2. The molecule has 0 aliphatic carbocycles. The average Bonchev–Trinajstić information content (AvgIpc) is 3.04. The lowest BCUT2D eigenvalue weighted by Crippen LogP contribution is -2.36. The van der Waals surface area contributed by atoms with Crippen LogP contribution in [0.15, 0.2) is 18.2 Å². The third-order valence-electron chi connectivity index (χ3n) is 4.91. The van der Waals surface area contributed by atoms with Gasteiger partial charge in [-0.05, 0) is 25.0 Å². The van der Waals surface area contributed by atoms with Gasteiger partial charge in [0.05, 0.1) is 18.1 Å². The van der Waals surface area contributed by atoms with Crippen molar-refractivity contribution < 1.29 is 14.3 Å². The highest BCUT2D eigenvalue weighted by Gasteiger charge is 2.23. The van der Waals surface area contributed by atoms with E-state index in [0.29, 0.717) is 17.1 Å². The zero-order chi connectivity index (χ0) is 20.7. The van der Waals surface area contributed by atoms with Crippen LogP contribution < -0.4 is 4.74 Å². The van der Waals surface area contributed by atoms with E-state index in [4.69, 9.17) is 4.74 Å². The van der Waals surface area contributed by atoms with E-state index in [1.807, 2.05) is 36.9 Å². The smallest absolute Gasteiger partial charge is 0.242 e. The highest BCUT2D eigenvalue weighted by Crippen LogP contribution is 2.24. The molecule has 1 heterocycles. The molecule has 0 atom stereocenters. The highest BCUT2D eigenvalue weighted by atomic mass is 16.5. The van der Waals surface area contributed by atoms with E-state index in [1.54, 1.807) is 11.7 Å². The van der Waals surface area contributed by atoms with Crippen molar-refractivity contribution >= 4 is 22.7 Å². The standard InChI is InChI=1S/C22H33N3O3/c1-6-8-12-24(13-9-7-2)20(26)15-25-19-14-17(28-5)10-11-18(19)23-22(25)21(27)16(3)4/h10-11,14,16H,6-9,12-13,15H2,1-5H3. The number of hydrogen-bond acceptors (Lipinski definition) is 4. The van der Waals surface area contributed by atoms with E-state index in [-0.39, 0.29) is 24.2 Å². The Hall–Kier alpha value is -2.37. The van der Waals surface area contributed by atoms with E-state index in [9.17, 15) is 9.59 Å². The number of rotatable bonds is 11. The number of carbonyl (C=O) groups is 2. The van der Waals surface area contributed by atoms with Crippen LogP contribution in [0.4, 0.5) is 0 Å². The van der Waals surface area contributed by atoms with Crippen molar-refractivity contribution in [3.8, 4) is 5.75 Å². The van der Waals surface area contributed by atoms with Gasteiger partial charge >= 0.3 is 0 Å². The zero-order valence-electron chi connectivity index (χ0n) is 17.8. The summed E-state index contributed by atoms with van der Waals surface area (Å²) in [6, 6.07) is 5.49. The molecule has 0 unspecified atom stereocenters. The molecule has 0 saturated heterocycles. The molecule has 1 amide bonds. The van der Waals surface area contributed by atoms with Crippen LogP contribution in [0.1, 0.15) is 64.0 Å². The molecule has 2 rings (SSSR count). The summed E-state index contributed by atoms with van der Waals surface area (Å²) < 4.78 is 7.09. The Balaban J connectivity index is 2.42. The molecule has 1 aromatic heterocycles. The molecule has 0 N–H and O–H groups in total. The lowest BCUT2D eigenvalue weighted by molar-refractivity contribution is -0.132. The summed E-state index contributed by atoms with van der Waals surface area (Å²) in [4.78, 5) is 32.3. The van der Waals surface area contributed by atoms with E-state index in [2.05, 4.69) is 18.8 Å². The summed E-state index contributed by atoms with van der Waals surface area (Å²) in [7, 11) is 1.60. The number of aromatic nitrogens is 2. The molecule has 154 valence electrons. The third-order valence-corrected chi connectivity index (χ3v) is 4.91. The number of benzene rings is 1. The third kappa shape index (κ3) is 5.12. The number of carbonyl (C=O) groups excluding carboxylic acids is 2. The van der Waals surface area contributed by atoms with Gasteiger partial charge in [0.15, 0.2) is 5.82 Å². The molecule has 0 aliphatic rings. The van der Waals surface area contributed by atoms with Crippen molar-refractivity contribution in [1.29, 1.82) is 0 Å². The second kappa shape index (κ2) is 10.2.